The monoisotopic (exact) mass is 464 g/mol. The molecule has 1 aromatic carbocycles. The maximum Gasteiger partial charge on any atom is 0.272 e. The number of aromatic amines is 1. The van der Waals surface area contributed by atoms with Crippen LogP contribution < -0.4 is 19.1 Å². The lowest BCUT2D eigenvalue weighted by Crippen LogP contribution is -2.49. The van der Waals surface area contributed by atoms with E-state index in [1.165, 1.54) is 5.56 Å². The van der Waals surface area contributed by atoms with Gasteiger partial charge in [-0.1, -0.05) is 0 Å². The minimum Gasteiger partial charge on any atom is -0.493 e. The lowest BCUT2D eigenvalue weighted by molar-refractivity contribution is 0.0740. The lowest BCUT2D eigenvalue weighted by atomic mass is 10.1. The molecule has 1 amide bonds. The molecule has 0 bridgehead atoms. The summed E-state index contributed by atoms with van der Waals surface area (Å²) in [5, 5.41) is 16.0. The van der Waals surface area contributed by atoms with E-state index in [0.717, 1.165) is 36.3 Å². The number of methoxy groups -OCH3 is 3. The molecule has 0 spiro atoms. The normalized spacial score (nSPS) is 15.3. The van der Waals surface area contributed by atoms with Crippen molar-refractivity contribution < 1.29 is 19.0 Å². The molecule has 10 nitrogen and oxygen atoms in total. The minimum absolute atomic E-state index is 0.0779. The molecule has 1 aliphatic heterocycles. The van der Waals surface area contributed by atoms with Gasteiger partial charge in [0.25, 0.3) is 5.91 Å². The van der Waals surface area contributed by atoms with E-state index in [-0.39, 0.29) is 5.91 Å². The van der Waals surface area contributed by atoms with Crippen LogP contribution in [-0.4, -0.2) is 78.7 Å². The Morgan fingerprint density at radius 3 is 2.32 bits per heavy atom. The molecular weight excluding hydrogens is 436 g/mol. The number of hydrogen-bond donors (Lipinski definition) is 1. The summed E-state index contributed by atoms with van der Waals surface area (Å²) in [6.45, 7) is 2.65. The summed E-state index contributed by atoms with van der Waals surface area (Å²) in [4.78, 5) is 17.2. The van der Waals surface area contributed by atoms with Crippen molar-refractivity contribution >= 4 is 11.7 Å². The number of carbonyl (C=O) groups is 1. The number of ether oxygens (including phenoxy) is 3. The smallest absolute Gasteiger partial charge is 0.272 e. The average Bonchev–Trinajstić information content (AvgIpc) is 3.57. The molecule has 1 N–H and O–H groups in total. The predicted octanol–water partition coefficient (Wildman–Crippen LogP) is 2.34. The van der Waals surface area contributed by atoms with E-state index in [9.17, 15) is 4.79 Å². The van der Waals surface area contributed by atoms with Gasteiger partial charge in [0.2, 0.25) is 5.75 Å². The van der Waals surface area contributed by atoms with Crippen molar-refractivity contribution in [2.45, 2.75) is 19.3 Å². The maximum atomic E-state index is 13.1. The first-order chi connectivity index (χ1) is 16.6. The Labute approximate surface area is 197 Å². The van der Waals surface area contributed by atoms with Crippen molar-refractivity contribution in [1.29, 1.82) is 0 Å². The zero-order chi connectivity index (χ0) is 23.7. The van der Waals surface area contributed by atoms with Crippen LogP contribution in [0.2, 0.25) is 0 Å². The number of fused-ring (bicyclic) bond motifs is 1. The Bertz CT molecular complexity index is 1180. The molecule has 34 heavy (non-hydrogen) atoms. The number of benzene rings is 1. The van der Waals surface area contributed by atoms with Crippen molar-refractivity contribution in [3.63, 3.8) is 0 Å². The second kappa shape index (κ2) is 9.20. The van der Waals surface area contributed by atoms with Gasteiger partial charge in [0.1, 0.15) is 5.69 Å². The van der Waals surface area contributed by atoms with Gasteiger partial charge in [-0.3, -0.25) is 9.89 Å². The molecule has 178 valence electrons. The predicted molar refractivity (Wildman–Crippen MR) is 126 cm³/mol. The van der Waals surface area contributed by atoms with E-state index < -0.39 is 0 Å². The number of H-pyrrole nitrogens is 1. The molecule has 1 fully saturated rings. The number of nitrogens with zero attached hydrogens (tertiary/aromatic N) is 5. The molecule has 0 radical (unpaired) electrons. The highest BCUT2D eigenvalue weighted by Crippen LogP contribution is 2.40. The number of rotatable bonds is 6. The van der Waals surface area contributed by atoms with Crippen LogP contribution in [0.3, 0.4) is 0 Å². The Morgan fingerprint density at radius 1 is 0.912 bits per heavy atom. The van der Waals surface area contributed by atoms with E-state index in [2.05, 4.69) is 31.4 Å². The number of anilines is 1. The Balaban J connectivity index is 1.28. The molecule has 10 heteroatoms. The number of aryl methyl sites for hydroxylation is 2. The van der Waals surface area contributed by atoms with Gasteiger partial charge in [0.15, 0.2) is 17.3 Å². The third-order valence-corrected chi connectivity index (χ3v) is 6.47. The van der Waals surface area contributed by atoms with Crippen LogP contribution in [0.1, 0.15) is 28.2 Å². The van der Waals surface area contributed by atoms with Gasteiger partial charge in [-0.2, -0.15) is 10.2 Å². The molecule has 3 aromatic rings. The van der Waals surface area contributed by atoms with Gasteiger partial charge in [0, 0.05) is 31.7 Å². The largest absolute Gasteiger partial charge is 0.493 e. The van der Waals surface area contributed by atoms with Gasteiger partial charge in [0.05, 0.1) is 32.7 Å². The van der Waals surface area contributed by atoms with Crippen molar-refractivity contribution in [1.82, 2.24) is 25.3 Å². The van der Waals surface area contributed by atoms with Gasteiger partial charge < -0.3 is 24.0 Å². The first kappa shape index (κ1) is 22.0. The van der Waals surface area contributed by atoms with Crippen LogP contribution >= 0.6 is 0 Å². The van der Waals surface area contributed by atoms with Crippen LogP contribution in [0.4, 0.5) is 5.82 Å². The summed E-state index contributed by atoms with van der Waals surface area (Å²) in [6, 6.07) is 7.52. The van der Waals surface area contributed by atoms with E-state index in [1.807, 2.05) is 17.0 Å². The molecule has 0 saturated carbocycles. The summed E-state index contributed by atoms with van der Waals surface area (Å²) in [7, 11) is 4.69. The second-order valence-electron chi connectivity index (χ2n) is 8.39. The molecule has 0 atom stereocenters. The van der Waals surface area contributed by atoms with Gasteiger partial charge in [-0.25, -0.2) is 0 Å². The van der Waals surface area contributed by atoms with Crippen molar-refractivity contribution in [2.24, 2.45) is 0 Å². The van der Waals surface area contributed by atoms with Crippen LogP contribution in [0.15, 0.2) is 24.3 Å². The van der Waals surface area contributed by atoms with Gasteiger partial charge in [-0.15, -0.1) is 5.10 Å². The number of aromatic nitrogens is 4. The topological polar surface area (TPSA) is 106 Å². The first-order valence-corrected chi connectivity index (χ1v) is 11.4. The second-order valence-corrected chi connectivity index (χ2v) is 8.39. The molecule has 0 unspecified atom stereocenters. The third kappa shape index (κ3) is 4.00. The highest BCUT2D eigenvalue weighted by Gasteiger charge is 2.26. The van der Waals surface area contributed by atoms with Gasteiger partial charge in [-0.05, 0) is 49.1 Å². The summed E-state index contributed by atoms with van der Waals surface area (Å²) in [5.41, 5.74) is 4.24. The Morgan fingerprint density at radius 2 is 1.65 bits per heavy atom. The van der Waals surface area contributed by atoms with Crippen LogP contribution in [0, 0.1) is 0 Å². The fourth-order valence-electron chi connectivity index (χ4n) is 4.59. The van der Waals surface area contributed by atoms with E-state index >= 15 is 0 Å². The molecule has 2 aromatic heterocycles. The number of nitrogens with one attached hydrogen (secondary N) is 1. The number of piperazine rings is 1. The van der Waals surface area contributed by atoms with Crippen molar-refractivity contribution in [3.05, 3.63) is 41.2 Å². The minimum atomic E-state index is -0.0779. The summed E-state index contributed by atoms with van der Waals surface area (Å²) in [5.74, 6) is 2.38. The zero-order valence-electron chi connectivity index (χ0n) is 19.6. The van der Waals surface area contributed by atoms with Crippen molar-refractivity contribution in [3.8, 4) is 28.5 Å². The Hall–Kier alpha value is -3.82. The SMILES string of the molecule is COc1cc(-c2cc(C(=O)N3CCN(c4cc5c(nn4)CCC5)CC3)[nH]n2)cc(OC)c1OC. The van der Waals surface area contributed by atoms with Crippen LogP contribution in [0.5, 0.6) is 17.2 Å². The summed E-state index contributed by atoms with van der Waals surface area (Å²) >= 11 is 0. The first-order valence-electron chi connectivity index (χ1n) is 11.4. The zero-order valence-corrected chi connectivity index (χ0v) is 19.6. The molecule has 3 heterocycles. The highest BCUT2D eigenvalue weighted by molar-refractivity contribution is 5.93. The number of carbonyl (C=O) groups excluding carboxylic acids is 1. The number of hydrogen-bond acceptors (Lipinski definition) is 8. The maximum absolute atomic E-state index is 13.1. The molecule has 1 saturated heterocycles. The quantitative estimate of drug-likeness (QED) is 0.593. The summed E-state index contributed by atoms with van der Waals surface area (Å²) < 4.78 is 16.2. The number of amides is 1. The molecular formula is C24H28N6O4. The third-order valence-electron chi connectivity index (χ3n) is 6.47. The lowest BCUT2D eigenvalue weighted by Gasteiger charge is -2.35. The average molecular weight is 465 g/mol. The van der Waals surface area contributed by atoms with E-state index in [4.69, 9.17) is 14.2 Å². The van der Waals surface area contributed by atoms with Crippen LogP contribution in [-0.2, 0) is 12.8 Å². The summed E-state index contributed by atoms with van der Waals surface area (Å²) in [6.07, 6.45) is 3.25. The molecule has 2 aliphatic rings. The fraction of sp³-hybridized carbons (Fsp3) is 0.417. The highest BCUT2D eigenvalue weighted by atomic mass is 16.5. The Kier molecular flexibility index (Phi) is 5.95. The fourth-order valence-corrected chi connectivity index (χ4v) is 4.59. The van der Waals surface area contributed by atoms with Gasteiger partial charge >= 0.3 is 0 Å². The molecule has 1 aliphatic carbocycles. The van der Waals surface area contributed by atoms with E-state index in [1.54, 1.807) is 27.4 Å². The van der Waals surface area contributed by atoms with Crippen molar-refractivity contribution in [2.75, 3.05) is 52.4 Å². The molecule has 5 rings (SSSR count). The van der Waals surface area contributed by atoms with E-state index in [0.29, 0.717) is 54.8 Å². The standard InChI is InChI=1S/C24H28N6O4/c1-32-20-11-16(12-21(33-2)23(20)34-3)18-14-19(27-26-18)24(31)30-9-7-29(8-10-30)22-13-15-5-4-6-17(15)25-28-22/h11-14H,4-10H2,1-3H3,(H,26,27). The van der Waals surface area contributed by atoms with Crippen LogP contribution in [0.25, 0.3) is 11.3 Å².